The first-order valence-electron chi connectivity index (χ1n) is 11.7. The van der Waals surface area contributed by atoms with Crippen LogP contribution in [0.1, 0.15) is 42.8 Å². The second kappa shape index (κ2) is 7.97. The largest absolute Gasteiger partial charge is 0.365 e. The normalized spacial score (nSPS) is 23.6. The predicted octanol–water partition coefficient (Wildman–Crippen LogP) is 4.27. The van der Waals surface area contributed by atoms with Gasteiger partial charge in [-0.05, 0) is 44.7 Å². The van der Waals surface area contributed by atoms with Crippen LogP contribution in [0.2, 0.25) is 0 Å². The van der Waals surface area contributed by atoms with E-state index in [2.05, 4.69) is 43.1 Å². The van der Waals surface area contributed by atoms with Crippen LogP contribution in [0.3, 0.4) is 0 Å². The van der Waals surface area contributed by atoms with E-state index in [4.69, 9.17) is 15.7 Å². The molecule has 0 spiro atoms. The van der Waals surface area contributed by atoms with Gasteiger partial charge in [0.1, 0.15) is 0 Å². The maximum Gasteiger partial charge on any atom is 0.252 e. The molecule has 0 bridgehead atoms. The number of ketones is 1. The standard InChI is InChI=1S/C28H28N4O2/c1-15-5-7-18(8-6-15)23-20-9-10-22-17(3)24(33)21(26(29)34)14-28(22,4)25(20)32-27(31-23)19-11-12-30-16(2)13-19/h5-8,11-14,17,22H,9-10H2,1-4H3,(H2,29,34)/t17-,22-,28-/m1/s1. The summed E-state index contributed by atoms with van der Waals surface area (Å²) in [6, 6.07) is 12.2. The van der Waals surface area contributed by atoms with Crippen LogP contribution in [-0.2, 0) is 21.4 Å². The van der Waals surface area contributed by atoms with Gasteiger partial charge in [0.15, 0.2) is 11.6 Å². The molecule has 5 rings (SSSR count). The third-order valence-electron chi connectivity index (χ3n) is 7.47. The van der Waals surface area contributed by atoms with Crippen LogP contribution < -0.4 is 5.73 Å². The zero-order valence-corrected chi connectivity index (χ0v) is 19.9. The van der Waals surface area contributed by atoms with Crippen LogP contribution in [-0.4, -0.2) is 26.6 Å². The second-order valence-electron chi connectivity index (χ2n) is 9.78. The lowest BCUT2D eigenvalue weighted by Crippen LogP contribution is -2.48. The van der Waals surface area contributed by atoms with Crippen molar-refractivity contribution >= 4 is 11.7 Å². The van der Waals surface area contributed by atoms with E-state index in [1.807, 2.05) is 26.0 Å². The van der Waals surface area contributed by atoms with Crippen molar-refractivity contribution in [1.82, 2.24) is 15.0 Å². The van der Waals surface area contributed by atoms with E-state index in [0.717, 1.165) is 46.6 Å². The molecule has 172 valence electrons. The Morgan fingerprint density at radius 2 is 1.82 bits per heavy atom. The Balaban J connectivity index is 1.81. The third-order valence-corrected chi connectivity index (χ3v) is 7.47. The van der Waals surface area contributed by atoms with Crippen molar-refractivity contribution in [2.24, 2.45) is 17.6 Å². The minimum absolute atomic E-state index is 0.0309. The summed E-state index contributed by atoms with van der Waals surface area (Å²) in [4.78, 5) is 39.5. The molecule has 2 N–H and O–H groups in total. The number of amides is 1. The molecule has 0 saturated carbocycles. The molecule has 0 aliphatic heterocycles. The van der Waals surface area contributed by atoms with Crippen LogP contribution >= 0.6 is 0 Å². The molecule has 0 unspecified atom stereocenters. The molecule has 0 fully saturated rings. The Bertz CT molecular complexity index is 1360. The zero-order valence-electron chi connectivity index (χ0n) is 19.9. The van der Waals surface area contributed by atoms with E-state index in [9.17, 15) is 9.59 Å². The molecule has 3 atom stereocenters. The summed E-state index contributed by atoms with van der Waals surface area (Å²) in [6.07, 6.45) is 5.12. The van der Waals surface area contributed by atoms with Gasteiger partial charge in [0.2, 0.25) is 0 Å². The first kappa shape index (κ1) is 22.1. The summed E-state index contributed by atoms with van der Waals surface area (Å²) in [6.45, 7) is 7.99. The van der Waals surface area contributed by atoms with Gasteiger partial charge in [-0.15, -0.1) is 0 Å². The van der Waals surface area contributed by atoms with Crippen molar-refractivity contribution < 1.29 is 9.59 Å². The van der Waals surface area contributed by atoms with E-state index in [-0.39, 0.29) is 23.2 Å². The number of hydrogen-bond donors (Lipinski definition) is 1. The highest BCUT2D eigenvalue weighted by Crippen LogP contribution is 2.50. The van der Waals surface area contributed by atoms with Crippen molar-refractivity contribution in [3.63, 3.8) is 0 Å². The van der Waals surface area contributed by atoms with Gasteiger partial charge in [-0.1, -0.05) is 49.8 Å². The molecule has 0 saturated heterocycles. The SMILES string of the molecule is Cc1ccc(-c2nc(-c3ccnc(C)c3)nc3c2CC[C@@H]2[C@@H](C)C(=O)C(C(N)=O)=C[C@@]32C)cc1. The molecule has 1 aromatic carbocycles. The number of allylic oxidation sites excluding steroid dienone is 1. The number of primary amides is 1. The number of aromatic nitrogens is 3. The summed E-state index contributed by atoms with van der Waals surface area (Å²) in [5.74, 6) is -0.517. The predicted molar refractivity (Wildman–Crippen MR) is 131 cm³/mol. The molecule has 2 aliphatic rings. The molecule has 2 aliphatic carbocycles. The van der Waals surface area contributed by atoms with Crippen LogP contribution in [0.25, 0.3) is 22.6 Å². The van der Waals surface area contributed by atoms with Crippen LogP contribution in [0.15, 0.2) is 54.2 Å². The van der Waals surface area contributed by atoms with Crippen LogP contribution in [0.5, 0.6) is 0 Å². The Labute approximate surface area is 199 Å². The number of carbonyl (C=O) groups is 2. The van der Waals surface area contributed by atoms with E-state index in [1.165, 1.54) is 5.56 Å². The Morgan fingerprint density at radius 3 is 2.50 bits per heavy atom. The van der Waals surface area contributed by atoms with Crippen LogP contribution in [0.4, 0.5) is 0 Å². The summed E-state index contributed by atoms with van der Waals surface area (Å²) < 4.78 is 0. The van der Waals surface area contributed by atoms with Gasteiger partial charge in [0.05, 0.1) is 17.0 Å². The minimum Gasteiger partial charge on any atom is -0.365 e. The van der Waals surface area contributed by atoms with Crippen molar-refractivity contribution in [3.8, 4) is 22.6 Å². The first-order valence-corrected chi connectivity index (χ1v) is 11.7. The van der Waals surface area contributed by atoms with Crippen LogP contribution in [0, 0.1) is 25.7 Å². The number of Topliss-reactive ketones (excluding diaryl/α,β-unsaturated/α-hetero) is 1. The van der Waals surface area contributed by atoms with Gasteiger partial charge < -0.3 is 5.73 Å². The molecule has 6 heteroatoms. The molecular formula is C28H28N4O2. The average molecular weight is 453 g/mol. The third kappa shape index (κ3) is 3.45. The number of pyridine rings is 1. The fraction of sp³-hybridized carbons (Fsp3) is 0.321. The maximum atomic E-state index is 12.9. The molecule has 34 heavy (non-hydrogen) atoms. The summed E-state index contributed by atoms with van der Waals surface area (Å²) in [5, 5.41) is 0. The smallest absolute Gasteiger partial charge is 0.252 e. The van der Waals surface area contributed by atoms with Gasteiger partial charge in [-0.2, -0.15) is 0 Å². The Kier molecular flexibility index (Phi) is 5.19. The van der Waals surface area contributed by atoms with Crippen molar-refractivity contribution in [3.05, 3.63) is 76.8 Å². The molecule has 2 heterocycles. The molecule has 1 amide bonds. The maximum absolute atomic E-state index is 12.9. The van der Waals surface area contributed by atoms with Crippen molar-refractivity contribution in [2.75, 3.05) is 0 Å². The number of nitrogens with zero attached hydrogens (tertiary/aromatic N) is 3. The molecule has 0 radical (unpaired) electrons. The second-order valence-corrected chi connectivity index (χ2v) is 9.78. The molecule has 3 aromatic rings. The monoisotopic (exact) mass is 452 g/mol. The van der Waals surface area contributed by atoms with E-state index in [0.29, 0.717) is 5.82 Å². The average Bonchev–Trinajstić information content (AvgIpc) is 2.81. The number of rotatable bonds is 3. The van der Waals surface area contributed by atoms with E-state index >= 15 is 0 Å². The highest BCUT2D eigenvalue weighted by molar-refractivity contribution is 6.20. The van der Waals surface area contributed by atoms with Gasteiger partial charge >= 0.3 is 0 Å². The quantitative estimate of drug-likeness (QED) is 0.598. The first-order chi connectivity index (χ1) is 16.2. The van der Waals surface area contributed by atoms with Crippen molar-refractivity contribution in [2.45, 2.75) is 46.0 Å². The zero-order chi connectivity index (χ0) is 24.2. The molecular weight excluding hydrogens is 424 g/mol. The number of nitrogens with two attached hydrogens (primary N) is 1. The fourth-order valence-corrected chi connectivity index (χ4v) is 5.64. The Hall–Kier alpha value is -3.67. The lowest BCUT2D eigenvalue weighted by atomic mass is 9.57. The fourth-order valence-electron chi connectivity index (χ4n) is 5.64. The summed E-state index contributed by atoms with van der Waals surface area (Å²) in [5.41, 5.74) is 11.9. The van der Waals surface area contributed by atoms with E-state index < -0.39 is 11.3 Å². The van der Waals surface area contributed by atoms with Gasteiger partial charge in [-0.3, -0.25) is 14.6 Å². The minimum atomic E-state index is -0.679. The number of aryl methyl sites for hydroxylation is 2. The Morgan fingerprint density at radius 1 is 1.09 bits per heavy atom. The van der Waals surface area contributed by atoms with Crippen molar-refractivity contribution in [1.29, 1.82) is 0 Å². The molecule has 6 nitrogen and oxygen atoms in total. The van der Waals surface area contributed by atoms with Gasteiger partial charge in [0.25, 0.3) is 5.91 Å². The van der Waals surface area contributed by atoms with Gasteiger partial charge in [0, 0.05) is 39.9 Å². The lowest BCUT2D eigenvalue weighted by Gasteiger charge is -2.46. The summed E-state index contributed by atoms with van der Waals surface area (Å²) in [7, 11) is 0. The lowest BCUT2D eigenvalue weighted by molar-refractivity contribution is -0.125. The highest BCUT2D eigenvalue weighted by Gasteiger charge is 2.50. The number of carbonyl (C=O) groups excluding carboxylic acids is 2. The topological polar surface area (TPSA) is 98.8 Å². The number of benzene rings is 1. The number of hydrogen-bond acceptors (Lipinski definition) is 5. The molecule has 2 aromatic heterocycles. The summed E-state index contributed by atoms with van der Waals surface area (Å²) >= 11 is 0. The number of fused-ring (bicyclic) bond motifs is 3. The van der Waals surface area contributed by atoms with Gasteiger partial charge in [-0.25, -0.2) is 9.97 Å². The highest BCUT2D eigenvalue weighted by atomic mass is 16.2. The van der Waals surface area contributed by atoms with E-state index in [1.54, 1.807) is 12.3 Å².